The van der Waals surface area contributed by atoms with Crippen molar-refractivity contribution in [1.29, 1.82) is 0 Å². The first kappa shape index (κ1) is 27.7. The summed E-state index contributed by atoms with van der Waals surface area (Å²) in [6, 6.07) is 0. The van der Waals surface area contributed by atoms with Crippen LogP contribution in [0.2, 0.25) is 0 Å². The van der Waals surface area contributed by atoms with Crippen molar-refractivity contribution < 1.29 is 87.6 Å². The third kappa shape index (κ3) is 3.26. The smallest absolute Gasteiger partial charge is 0.283 e. The lowest BCUT2D eigenvalue weighted by Gasteiger charge is -2.49. The minimum absolute atomic E-state index is 7.91. The van der Waals surface area contributed by atoms with E-state index in [1.54, 1.807) is 0 Å². The summed E-state index contributed by atoms with van der Waals surface area (Å²) in [6.45, 7) is 0. The predicted octanol–water partition coefficient (Wildman–Crippen LogP) is 5.05. The quantitative estimate of drug-likeness (QED) is 0.435. The van der Waals surface area contributed by atoms with Crippen LogP contribution in [-0.2, 0) is 10.1 Å². The number of halogens is 17. The Morgan fingerprint density at radius 2 is 0.724 bits per heavy atom. The Morgan fingerprint density at radius 3 is 0.862 bits per heavy atom. The number of hydrogen-bond acceptors (Lipinski definition) is 2. The van der Waals surface area contributed by atoms with Crippen LogP contribution in [0, 0.1) is 5.41 Å². The summed E-state index contributed by atoms with van der Waals surface area (Å²) < 4.78 is 246. The summed E-state index contributed by atoms with van der Waals surface area (Å²) in [7, 11) is -8.63. The van der Waals surface area contributed by atoms with E-state index in [2.05, 4.69) is 0 Å². The fourth-order valence-corrected chi connectivity index (χ4v) is 2.78. The molecule has 1 atom stereocenters. The van der Waals surface area contributed by atoms with Crippen molar-refractivity contribution in [2.24, 2.45) is 5.41 Å². The van der Waals surface area contributed by atoms with Gasteiger partial charge in [-0.3, -0.25) is 4.55 Å². The van der Waals surface area contributed by atoms with Crippen LogP contribution in [0.1, 0.15) is 0 Å². The molecule has 0 aromatic carbocycles. The Bertz CT molecular complexity index is 708. The van der Waals surface area contributed by atoms with E-state index in [9.17, 15) is 83.1 Å². The first-order chi connectivity index (χ1) is 12.0. The Hall–Kier alpha value is -1.28. The van der Waals surface area contributed by atoms with Gasteiger partial charge in [0.05, 0.1) is 0 Å². The number of hydrogen-bond donors (Lipinski definition) is 1. The molecule has 0 aromatic rings. The summed E-state index contributed by atoms with van der Waals surface area (Å²) in [5.74, 6) is -18.3. The van der Waals surface area contributed by atoms with Crippen molar-refractivity contribution in [1.82, 2.24) is 0 Å². The van der Waals surface area contributed by atoms with Gasteiger partial charge in [-0.1, -0.05) is 0 Å². The van der Waals surface area contributed by atoms with Gasteiger partial charge < -0.3 is 0 Å². The second-order valence-corrected chi connectivity index (χ2v) is 6.47. The van der Waals surface area contributed by atoms with Crippen LogP contribution in [0.4, 0.5) is 74.6 Å². The summed E-state index contributed by atoms with van der Waals surface area (Å²) in [4.78, 5) is 0. The van der Waals surface area contributed by atoms with E-state index in [-0.39, 0.29) is 0 Å². The molecule has 0 saturated carbocycles. The van der Waals surface area contributed by atoms with Crippen LogP contribution in [0.5, 0.6) is 0 Å². The number of rotatable bonds is 4. The van der Waals surface area contributed by atoms with E-state index < -0.39 is 57.1 Å². The maximum atomic E-state index is 13.7. The van der Waals surface area contributed by atoms with Gasteiger partial charge in [-0.15, -0.1) is 0 Å². The van der Waals surface area contributed by atoms with Crippen LogP contribution in [-0.4, -0.2) is 54.5 Å². The molecule has 0 bridgehead atoms. The molecule has 0 aliphatic rings. The summed E-state index contributed by atoms with van der Waals surface area (Å²) >= 11 is 0. The average Bonchev–Trinajstić information content (AvgIpc) is 2.28. The summed E-state index contributed by atoms with van der Waals surface area (Å²) in [5, 5.41) is -8.63. The highest BCUT2D eigenvalue weighted by Gasteiger charge is 3.03. The van der Waals surface area contributed by atoms with E-state index >= 15 is 0 Å². The van der Waals surface area contributed by atoms with Gasteiger partial charge in [0.25, 0.3) is 5.41 Å². The maximum absolute atomic E-state index is 13.7. The maximum Gasteiger partial charge on any atom is 0.454 e. The molecule has 0 aliphatic carbocycles. The Morgan fingerprint density at radius 1 is 0.448 bits per heavy atom. The van der Waals surface area contributed by atoms with E-state index in [0.717, 1.165) is 0 Å². The minimum Gasteiger partial charge on any atom is -0.283 e. The van der Waals surface area contributed by atoms with Crippen LogP contribution in [0.25, 0.3) is 0 Å². The standard InChI is InChI=1S/C8HF17O3S/c9-2(10,4(13,8(23,24)25)29(26,27)28)1(5(14,15)16,6(17,18)19)3(11,12)7(20,21)22/h(H,26,27,28). The van der Waals surface area contributed by atoms with Crippen molar-refractivity contribution in [3.63, 3.8) is 0 Å². The SMILES string of the molecule is O=S(=O)(O)C(F)(C(F)(F)F)C(F)(F)C(C(F)(F)F)(C(F)(F)F)C(F)(F)C(F)(F)F. The molecular weight excluding hydrogens is 499 g/mol. The lowest BCUT2D eigenvalue weighted by atomic mass is 9.70. The van der Waals surface area contributed by atoms with E-state index in [0.29, 0.717) is 0 Å². The molecule has 0 fully saturated rings. The first-order valence-electron chi connectivity index (χ1n) is 5.68. The second-order valence-electron chi connectivity index (χ2n) is 4.96. The van der Waals surface area contributed by atoms with Crippen molar-refractivity contribution >= 4 is 10.1 Å². The van der Waals surface area contributed by atoms with Gasteiger partial charge in [0, 0.05) is 0 Å². The van der Waals surface area contributed by atoms with E-state index in [1.165, 1.54) is 0 Å². The van der Waals surface area contributed by atoms with Crippen molar-refractivity contribution in [2.75, 3.05) is 0 Å². The summed E-state index contributed by atoms with van der Waals surface area (Å²) in [5.41, 5.74) is -9.38. The molecule has 0 radical (unpaired) electrons. The normalized spacial score (nSPS) is 18.6. The van der Waals surface area contributed by atoms with Crippen LogP contribution >= 0.6 is 0 Å². The molecule has 0 saturated heterocycles. The van der Waals surface area contributed by atoms with Gasteiger partial charge in [0.15, 0.2) is 0 Å². The molecule has 0 amide bonds. The molecule has 1 N–H and O–H groups in total. The third-order valence-corrected chi connectivity index (χ3v) is 4.47. The largest absolute Gasteiger partial charge is 0.454 e. The van der Waals surface area contributed by atoms with Gasteiger partial charge in [-0.25, -0.2) is 4.39 Å². The van der Waals surface area contributed by atoms with Crippen molar-refractivity contribution in [3.05, 3.63) is 0 Å². The molecule has 29 heavy (non-hydrogen) atoms. The molecule has 21 heteroatoms. The van der Waals surface area contributed by atoms with E-state index in [4.69, 9.17) is 4.55 Å². The molecule has 0 heterocycles. The Balaban J connectivity index is 8.14. The summed E-state index contributed by atoms with van der Waals surface area (Å²) in [6.07, 6.45) is -34.4. The Labute approximate surface area is 146 Å². The monoisotopic (exact) mass is 500 g/mol. The third-order valence-electron chi connectivity index (χ3n) is 3.27. The zero-order chi connectivity index (χ0) is 24.5. The van der Waals surface area contributed by atoms with Crippen LogP contribution in [0.15, 0.2) is 0 Å². The lowest BCUT2D eigenvalue weighted by Crippen LogP contribution is -2.80. The van der Waals surface area contributed by atoms with Crippen LogP contribution < -0.4 is 0 Å². The first-order valence-corrected chi connectivity index (χ1v) is 7.12. The topological polar surface area (TPSA) is 54.4 Å². The van der Waals surface area contributed by atoms with Gasteiger partial charge in [0.2, 0.25) is 0 Å². The molecule has 3 nitrogen and oxygen atoms in total. The fourth-order valence-electron chi connectivity index (χ4n) is 2.01. The lowest BCUT2D eigenvalue weighted by molar-refractivity contribution is -0.504. The van der Waals surface area contributed by atoms with Gasteiger partial charge >= 0.3 is 51.7 Å². The molecular formula is C8HF17O3S. The molecule has 0 rings (SSSR count). The van der Waals surface area contributed by atoms with Gasteiger partial charge in [0.1, 0.15) is 0 Å². The average molecular weight is 500 g/mol. The Kier molecular flexibility index (Phi) is 6.08. The predicted molar refractivity (Wildman–Crippen MR) is 51.9 cm³/mol. The second kappa shape index (κ2) is 6.36. The minimum atomic E-state index is -9.38. The fraction of sp³-hybridized carbons (Fsp3) is 1.00. The van der Waals surface area contributed by atoms with Crippen LogP contribution in [0.3, 0.4) is 0 Å². The highest BCUT2D eigenvalue weighted by atomic mass is 32.2. The highest BCUT2D eigenvalue weighted by molar-refractivity contribution is 7.87. The zero-order valence-electron chi connectivity index (χ0n) is 12.1. The van der Waals surface area contributed by atoms with Gasteiger partial charge in [-0.05, 0) is 0 Å². The molecule has 1 unspecified atom stereocenters. The molecule has 176 valence electrons. The van der Waals surface area contributed by atoms with Gasteiger partial charge in [-0.2, -0.15) is 78.7 Å². The van der Waals surface area contributed by atoms with E-state index in [1.807, 2.05) is 0 Å². The zero-order valence-corrected chi connectivity index (χ0v) is 12.9. The molecule has 0 aromatic heterocycles. The molecule has 0 spiro atoms. The highest BCUT2D eigenvalue weighted by Crippen LogP contribution is 2.73. The molecule has 0 aliphatic heterocycles. The number of alkyl halides is 17. The van der Waals surface area contributed by atoms with Crippen molar-refractivity contribution in [3.8, 4) is 0 Å². The van der Waals surface area contributed by atoms with Crippen molar-refractivity contribution in [2.45, 2.75) is 41.6 Å².